The van der Waals surface area contributed by atoms with Crippen LogP contribution in [0.5, 0.6) is 0 Å². The van der Waals surface area contributed by atoms with E-state index in [9.17, 15) is 9.59 Å². The SMILES string of the molecule is Cc1cc2nc(C)c(=O)n(Cc3ccc(C(=O)NCCC4=CCCCC4)cc3)c2cc1C. The van der Waals surface area contributed by atoms with Gasteiger partial charge in [-0.3, -0.25) is 9.59 Å². The van der Waals surface area contributed by atoms with Gasteiger partial charge in [0, 0.05) is 12.1 Å². The summed E-state index contributed by atoms with van der Waals surface area (Å²) in [6.07, 6.45) is 8.11. The predicted octanol–water partition coefficient (Wildman–Crippen LogP) is 4.99. The van der Waals surface area contributed by atoms with Crippen LogP contribution in [0.25, 0.3) is 11.0 Å². The number of benzene rings is 2. The molecule has 1 aliphatic rings. The first-order valence-corrected chi connectivity index (χ1v) is 11.5. The molecule has 0 spiro atoms. The Balaban J connectivity index is 1.48. The summed E-state index contributed by atoms with van der Waals surface area (Å²) in [7, 11) is 0. The number of nitrogens with zero attached hydrogens (tertiary/aromatic N) is 2. The van der Waals surface area contributed by atoms with Crippen molar-refractivity contribution in [2.45, 2.75) is 59.4 Å². The highest BCUT2D eigenvalue weighted by molar-refractivity contribution is 5.94. The van der Waals surface area contributed by atoms with E-state index >= 15 is 0 Å². The number of nitrogens with one attached hydrogen (secondary N) is 1. The summed E-state index contributed by atoms with van der Waals surface area (Å²) in [5.74, 6) is -0.0542. The zero-order valence-corrected chi connectivity index (χ0v) is 19.2. The first kappa shape index (κ1) is 22.0. The quantitative estimate of drug-likeness (QED) is 0.562. The van der Waals surface area contributed by atoms with Crippen LogP contribution in [0, 0.1) is 20.8 Å². The third-order valence-corrected chi connectivity index (χ3v) is 6.40. The maximum absolute atomic E-state index is 12.8. The van der Waals surface area contributed by atoms with Gasteiger partial charge in [-0.1, -0.05) is 23.8 Å². The Morgan fingerprint density at radius 2 is 1.81 bits per heavy atom. The molecule has 0 saturated carbocycles. The number of carbonyl (C=O) groups excluding carboxylic acids is 1. The molecule has 3 aromatic rings. The van der Waals surface area contributed by atoms with Gasteiger partial charge in [-0.05, 0) is 93.8 Å². The number of hydrogen-bond acceptors (Lipinski definition) is 3. The number of allylic oxidation sites excluding steroid dienone is 1. The minimum absolute atomic E-state index is 0.0542. The molecule has 5 heteroatoms. The summed E-state index contributed by atoms with van der Waals surface area (Å²) in [4.78, 5) is 29.8. The third kappa shape index (κ3) is 4.82. The van der Waals surface area contributed by atoms with Crippen LogP contribution in [0.2, 0.25) is 0 Å². The molecule has 5 nitrogen and oxygen atoms in total. The van der Waals surface area contributed by atoms with Gasteiger partial charge in [0.05, 0.1) is 17.6 Å². The maximum atomic E-state index is 12.8. The van der Waals surface area contributed by atoms with Crippen LogP contribution in [0.1, 0.15) is 64.8 Å². The molecule has 166 valence electrons. The molecule has 32 heavy (non-hydrogen) atoms. The molecular formula is C27H31N3O2. The molecule has 1 N–H and O–H groups in total. The van der Waals surface area contributed by atoms with Gasteiger partial charge < -0.3 is 9.88 Å². The van der Waals surface area contributed by atoms with Crippen LogP contribution >= 0.6 is 0 Å². The van der Waals surface area contributed by atoms with Crippen LogP contribution in [0.3, 0.4) is 0 Å². The zero-order chi connectivity index (χ0) is 22.7. The van der Waals surface area contributed by atoms with Gasteiger partial charge in [-0.15, -0.1) is 0 Å². The predicted molar refractivity (Wildman–Crippen MR) is 129 cm³/mol. The maximum Gasteiger partial charge on any atom is 0.272 e. The molecular weight excluding hydrogens is 398 g/mol. The summed E-state index contributed by atoms with van der Waals surface area (Å²) < 4.78 is 1.77. The molecule has 0 aliphatic heterocycles. The zero-order valence-electron chi connectivity index (χ0n) is 19.2. The summed E-state index contributed by atoms with van der Waals surface area (Å²) in [5, 5.41) is 3.02. The molecule has 0 unspecified atom stereocenters. The van der Waals surface area contributed by atoms with Crippen molar-refractivity contribution in [3.63, 3.8) is 0 Å². The highest BCUT2D eigenvalue weighted by Gasteiger charge is 2.12. The van der Waals surface area contributed by atoms with Gasteiger partial charge in [0.25, 0.3) is 11.5 Å². The van der Waals surface area contributed by atoms with E-state index in [0.717, 1.165) is 40.6 Å². The third-order valence-electron chi connectivity index (χ3n) is 6.40. The fourth-order valence-electron chi connectivity index (χ4n) is 4.30. The summed E-state index contributed by atoms with van der Waals surface area (Å²) in [5.41, 5.74) is 7.43. The van der Waals surface area contributed by atoms with Crippen molar-refractivity contribution < 1.29 is 4.79 Å². The Morgan fingerprint density at radius 3 is 2.53 bits per heavy atom. The number of aryl methyl sites for hydroxylation is 3. The van der Waals surface area contributed by atoms with Crippen LogP contribution < -0.4 is 10.9 Å². The highest BCUT2D eigenvalue weighted by atomic mass is 16.1. The summed E-state index contributed by atoms with van der Waals surface area (Å²) >= 11 is 0. The average Bonchev–Trinajstić information content (AvgIpc) is 2.79. The Labute approximate surface area is 189 Å². The van der Waals surface area contributed by atoms with E-state index in [1.807, 2.05) is 43.3 Å². The van der Waals surface area contributed by atoms with Crippen molar-refractivity contribution in [3.8, 4) is 0 Å². The van der Waals surface area contributed by atoms with Crippen molar-refractivity contribution in [3.05, 3.63) is 86.3 Å². The van der Waals surface area contributed by atoms with Crippen molar-refractivity contribution in [2.24, 2.45) is 0 Å². The Hall–Kier alpha value is -3.21. The molecule has 0 radical (unpaired) electrons. The molecule has 0 atom stereocenters. The largest absolute Gasteiger partial charge is 0.352 e. The van der Waals surface area contributed by atoms with Crippen LogP contribution in [-0.4, -0.2) is 22.0 Å². The van der Waals surface area contributed by atoms with Gasteiger partial charge >= 0.3 is 0 Å². The Kier molecular flexibility index (Phi) is 6.54. The standard InChI is InChI=1S/C27H31N3O2/c1-18-15-24-25(16-19(18)2)30(27(32)20(3)29-24)17-22-9-11-23(12-10-22)26(31)28-14-13-21-7-5-4-6-8-21/h7,9-12,15-16H,4-6,8,13-14,17H2,1-3H3,(H,28,31). The van der Waals surface area contributed by atoms with Crippen molar-refractivity contribution >= 4 is 16.9 Å². The van der Waals surface area contributed by atoms with Crippen molar-refractivity contribution in [1.29, 1.82) is 0 Å². The lowest BCUT2D eigenvalue weighted by molar-refractivity contribution is 0.0954. The second kappa shape index (κ2) is 9.51. The van der Waals surface area contributed by atoms with E-state index < -0.39 is 0 Å². The minimum atomic E-state index is -0.0837. The lowest BCUT2D eigenvalue weighted by atomic mass is 9.97. The monoisotopic (exact) mass is 429 g/mol. The van der Waals surface area contributed by atoms with E-state index in [4.69, 9.17) is 0 Å². The topological polar surface area (TPSA) is 64.0 Å². The molecule has 1 heterocycles. The Bertz CT molecular complexity index is 1240. The van der Waals surface area contributed by atoms with Gasteiger partial charge in [-0.25, -0.2) is 4.98 Å². The molecule has 1 amide bonds. The van der Waals surface area contributed by atoms with Gasteiger partial charge in [0.1, 0.15) is 5.69 Å². The lowest BCUT2D eigenvalue weighted by Gasteiger charge is -2.14. The molecule has 4 rings (SSSR count). The summed E-state index contributed by atoms with van der Waals surface area (Å²) in [6, 6.07) is 11.6. The summed E-state index contributed by atoms with van der Waals surface area (Å²) in [6.45, 7) is 6.96. The van der Waals surface area contributed by atoms with Crippen LogP contribution in [-0.2, 0) is 6.54 Å². The van der Waals surface area contributed by atoms with Crippen molar-refractivity contribution in [2.75, 3.05) is 6.54 Å². The molecule has 0 saturated heterocycles. The minimum Gasteiger partial charge on any atom is -0.352 e. The molecule has 1 aliphatic carbocycles. The fourth-order valence-corrected chi connectivity index (χ4v) is 4.30. The number of fused-ring (bicyclic) bond motifs is 1. The van der Waals surface area contributed by atoms with Crippen LogP contribution in [0.15, 0.2) is 52.8 Å². The second-order valence-corrected chi connectivity index (χ2v) is 8.82. The molecule has 1 aromatic heterocycles. The number of rotatable bonds is 6. The van der Waals surface area contributed by atoms with Gasteiger partial charge in [0.15, 0.2) is 0 Å². The van der Waals surface area contributed by atoms with E-state index in [1.165, 1.54) is 24.8 Å². The second-order valence-electron chi connectivity index (χ2n) is 8.82. The number of carbonyl (C=O) groups is 1. The first-order valence-electron chi connectivity index (χ1n) is 11.5. The normalized spacial score (nSPS) is 13.8. The van der Waals surface area contributed by atoms with Crippen LogP contribution in [0.4, 0.5) is 0 Å². The molecule has 0 bridgehead atoms. The van der Waals surface area contributed by atoms with Crippen molar-refractivity contribution in [1.82, 2.24) is 14.9 Å². The van der Waals surface area contributed by atoms with E-state index in [2.05, 4.69) is 23.3 Å². The fraction of sp³-hybridized carbons (Fsp3) is 0.370. The first-order chi connectivity index (χ1) is 15.4. The molecule has 2 aromatic carbocycles. The Morgan fingerprint density at radius 1 is 1.06 bits per heavy atom. The number of hydrogen-bond donors (Lipinski definition) is 1. The number of amides is 1. The number of aromatic nitrogens is 2. The highest BCUT2D eigenvalue weighted by Crippen LogP contribution is 2.20. The van der Waals surface area contributed by atoms with E-state index in [-0.39, 0.29) is 11.5 Å². The van der Waals surface area contributed by atoms with Gasteiger partial charge in [0.2, 0.25) is 0 Å². The lowest BCUT2D eigenvalue weighted by Crippen LogP contribution is -2.25. The molecule has 0 fully saturated rings. The van der Waals surface area contributed by atoms with Gasteiger partial charge in [-0.2, -0.15) is 0 Å². The smallest absolute Gasteiger partial charge is 0.272 e. The van der Waals surface area contributed by atoms with E-state index in [1.54, 1.807) is 11.5 Å². The van der Waals surface area contributed by atoms with E-state index in [0.29, 0.717) is 24.3 Å². The average molecular weight is 430 g/mol.